The molecular weight excluding hydrogens is 380 g/mol. The molecule has 0 bridgehead atoms. The molecule has 168 valence electrons. The van der Waals surface area contributed by atoms with Crippen molar-refractivity contribution in [2.75, 3.05) is 27.2 Å². The Kier molecular flexibility index (Phi) is 4.12. The lowest BCUT2D eigenvalue weighted by Crippen LogP contribution is -2.51. The molecule has 6 nitrogen and oxygen atoms in total. The van der Waals surface area contributed by atoms with Gasteiger partial charge in [-0.15, -0.1) is 0 Å². The van der Waals surface area contributed by atoms with E-state index in [0.29, 0.717) is 6.42 Å². The van der Waals surface area contributed by atoms with Crippen LogP contribution in [0.25, 0.3) is 0 Å². The Balaban J connectivity index is 2.29. The number of esters is 1. The Labute approximate surface area is 195 Å². The van der Waals surface area contributed by atoms with E-state index in [4.69, 9.17) is 32.3 Å². The van der Waals surface area contributed by atoms with Crippen LogP contribution in [0.15, 0.2) is 12.1 Å². The van der Waals surface area contributed by atoms with Gasteiger partial charge in [-0.25, -0.2) is 0 Å². The Morgan fingerprint density at radius 1 is 1.37 bits per heavy atom. The molecule has 0 amide bonds. The van der Waals surface area contributed by atoms with Gasteiger partial charge >= 0.3 is 5.97 Å². The fourth-order valence-corrected chi connectivity index (χ4v) is 3.86. The van der Waals surface area contributed by atoms with Gasteiger partial charge < -0.3 is 19.9 Å². The lowest BCUT2D eigenvalue weighted by atomic mass is 9.79. The van der Waals surface area contributed by atoms with Gasteiger partial charge in [-0.3, -0.25) is 9.69 Å². The van der Waals surface area contributed by atoms with Gasteiger partial charge in [-0.2, -0.15) is 0 Å². The molecule has 1 fully saturated rings. The Bertz CT molecular complexity index is 1140. The van der Waals surface area contributed by atoms with Gasteiger partial charge in [0.2, 0.25) is 0 Å². The largest absolute Gasteiger partial charge is 0.493 e. The second-order valence-corrected chi connectivity index (χ2v) is 8.60. The molecule has 0 aromatic heterocycles. The van der Waals surface area contributed by atoms with Crippen LogP contribution in [-0.2, 0) is 15.9 Å². The molecule has 1 saturated heterocycles. The molecule has 2 aliphatic heterocycles. The second-order valence-electron chi connectivity index (χ2n) is 8.60. The number of benzene rings is 1. The molecule has 6 heteroatoms. The number of nitrogens with zero attached hydrogens (tertiary/aromatic N) is 1. The maximum absolute atomic E-state index is 13.0. The number of hydrogen-bond donors (Lipinski definition) is 1. The van der Waals surface area contributed by atoms with E-state index in [1.54, 1.807) is 13.8 Å². The molecule has 30 heavy (non-hydrogen) atoms. The van der Waals surface area contributed by atoms with Crippen molar-refractivity contribution >= 4 is 5.97 Å². The normalized spacial score (nSPS) is 36.0. The summed E-state index contributed by atoms with van der Waals surface area (Å²) in [6, 6.07) is -3.47. The minimum atomic E-state index is -3.06. The highest BCUT2D eigenvalue weighted by atomic mass is 16.5. The van der Waals surface area contributed by atoms with Crippen molar-refractivity contribution in [3.8, 4) is 11.5 Å². The van der Waals surface area contributed by atoms with Crippen molar-refractivity contribution in [3.63, 3.8) is 0 Å². The van der Waals surface area contributed by atoms with Crippen LogP contribution < -0.4 is 15.2 Å². The SMILES string of the molecule is [2H]c1c(OC)c(OC([2H])([2H])[2H])c([2H])c2c1C1CC([2H])(OC(=O)[C@@H](N)C(C)C)C(CC(C)C)CN1C([2H])([2H])C2([2H])[2H]. The zero-order valence-corrected chi connectivity index (χ0v) is 18.2. The van der Waals surface area contributed by atoms with Crippen molar-refractivity contribution in [3.05, 3.63) is 23.2 Å². The average Bonchev–Trinajstić information content (AvgIpc) is 2.79. The van der Waals surface area contributed by atoms with E-state index in [1.165, 1.54) is 4.90 Å². The van der Waals surface area contributed by atoms with Crippen LogP contribution >= 0.6 is 0 Å². The molecule has 1 aromatic rings. The molecule has 2 aliphatic rings. The zero-order chi connectivity index (χ0) is 30.7. The number of carbonyl (C=O) groups is 1. The van der Waals surface area contributed by atoms with E-state index in [0.717, 1.165) is 7.11 Å². The highest BCUT2D eigenvalue weighted by Crippen LogP contribution is 2.44. The average molecular weight is 429 g/mol. The van der Waals surface area contributed by atoms with Crippen LogP contribution in [0.5, 0.6) is 11.5 Å². The molecule has 1 aromatic carbocycles. The fourth-order valence-electron chi connectivity index (χ4n) is 3.86. The summed E-state index contributed by atoms with van der Waals surface area (Å²) in [5.74, 6) is -2.92. The third-order valence-corrected chi connectivity index (χ3v) is 5.55. The van der Waals surface area contributed by atoms with Gasteiger partial charge in [0, 0.05) is 36.9 Å². The van der Waals surface area contributed by atoms with Gasteiger partial charge in [-0.1, -0.05) is 27.7 Å². The van der Waals surface area contributed by atoms with Crippen LogP contribution in [0, 0.1) is 17.8 Å². The molecule has 2 heterocycles. The van der Waals surface area contributed by atoms with Crippen LogP contribution in [0.4, 0.5) is 0 Å². The summed E-state index contributed by atoms with van der Waals surface area (Å²) < 4.78 is 101. The lowest BCUT2D eigenvalue weighted by molar-refractivity contribution is -0.160. The summed E-state index contributed by atoms with van der Waals surface area (Å²) in [6.45, 7) is 4.33. The number of fused-ring (bicyclic) bond motifs is 3. The van der Waals surface area contributed by atoms with Crippen LogP contribution in [-0.4, -0.2) is 50.2 Å². The van der Waals surface area contributed by atoms with E-state index >= 15 is 0 Å². The molecule has 0 saturated carbocycles. The predicted molar refractivity (Wildman–Crippen MR) is 118 cm³/mol. The molecule has 2 N–H and O–H groups in total. The molecule has 0 radical (unpaired) electrons. The van der Waals surface area contributed by atoms with E-state index in [2.05, 4.69) is 0 Å². The van der Waals surface area contributed by atoms with Crippen LogP contribution in [0.2, 0.25) is 0 Å². The van der Waals surface area contributed by atoms with E-state index in [1.807, 2.05) is 13.8 Å². The number of rotatable bonds is 7. The highest BCUT2D eigenvalue weighted by Gasteiger charge is 2.41. The van der Waals surface area contributed by atoms with Crippen molar-refractivity contribution in [1.29, 1.82) is 0 Å². The highest BCUT2D eigenvalue weighted by molar-refractivity contribution is 5.76. The molecule has 0 aliphatic carbocycles. The first kappa shape index (κ1) is 12.9. The first-order valence-electron chi connectivity index (χ1n) is 15.3. The maximum atomic E-state index is 13.0. The third-order valence-electron chi connectivity index (χ3n) is 5.55. The zero-order valence-electron chi connectivity index (χ0n) is 28.2. The number of carbonyl (C=O) groups excluding carboxylic acids is 1. The molecule has 3 rings (SSSR count). The van der Waals surface area contributed by atoms with Crippen molar-refractivity contribution in [2.24, 2.45) is 23.5 Å². The Morgan fingerprint density at radius 2 is 2.10 bits per heavy atom. The lowest BCUT2D eigenvalue weighted by Gasteiger charge is -2.47. The van der Waals surface area contributed by atoms with Gasteiger partial charge in [0.25, 0.3) is 0 Å². The molecule has 4 atom stereocenters. The predicted octanol–water partition coefficient (Wildman–Crippen LogP) is 3.56. The summed E-state index contributed by atoms with van der Waals surface area (Å²) in [6.07, 6.45) is -4.81. The summed E-state index contributed by atoms with van der Waals surface area (Å²) in [7, 11) is -1.92. The summed E-state index contributed by atoms with van der Waals surface area (Å²) >= 11 is 0. The minimum absolute atomic E-state index is 0.0229. The first-order valence-corrected chi connectivity index (χ1v) is 10.3. The minimum Gasteiger partial charge on any atom is -0.493 e. The smallest absolute Gasteiger partial charge is 0.323 e. The Hall–Kier alpha value is -1.79. The van der Waals surface area contributed by atoms with Crippen LogP contribution in [0.3, 0.4) is 0 Å². The van der Waals surface area contributed by atoms with Gasteiger partial charge in [0.15, 0.2) is 11.5 Å². The number of piperidine rings is 1. The van der Waals surface area contributed by atoms with E-state index < -0.39 is 79.1 Å². The number of methoxy groups -OCH3 is 2. The maximum Gasteiger partial charge on any atom is 0.323 e. The van der Waals surface area contributed by atoms with Gasteiger partial charge in [-0.05, 0) is 47.8 Å². The summed E-state index contributed by atoms with van der Waals surface area (Å²) in [4.78, 5) is 14.2. The quantitative estimate of drug-likeness (QED) is 0.670. The van der Waals surface area contributed by atoms with Gasteiger partial charge in [0.1, 0.15) is 12.1 Å². The molecular formula is C24H38N2O4. The third kappa shape index (κ3) is 4.75. The number of ether oxygens (including phenoxy) is 3. The van der Waals surface area contributed by atoms with Crippen molar-refractivity contribution in [2.45, 2.75) is 65.1 Å². The summed E-state index contributed by atoms with van der Waals surface area (Å²) in [5, 5.41) is 0. The topological polar surface area (TPSA) is 74.0 Å². The fraction of sp³-hybridized carbons (Fsp3) is 0.708. The van der Waals surface area contributed by atoms with Gasteiger partial charge in [0.05, 0.1) is 22.4 Å². The Morgan fingerprint density at radius 3 is 2.73 bits per heavy atom. The second kappa shape index (κ2) is 9.56. The molecule has 0 spiro atoms. The number of hydrogen-bond acceptors (Lipinski definition) is 6. The number of nitrogens with two attached hydrogens (primary N) is 1. The standard InChI is InChI=1S/C24H38N2O4/c1-14(2)9-17-13-26-8-7-16-10-21(28-5)22(29-6)11-18(16)19(26)12-20(17)30-24(27)23(25)15(3)4/h10-11,14-15,17,19-20,23H,7-9,12-13,25H2,1-6H3/t17?,19?,20?,23-/m0/s1/i5D3,7D2,8D2,10D,11D,20D. The molecule has 3 unspecified atom stereocenters. The van der Waals surface area contributed by atoms with Crippen LogP contribution in [0.1, 0.15) is 71.4 Å². The van der Waals surface area contributed by atoms with E-state index in [-0.39, 0.29) is 30.4 Å². The summed E-state index contributed by atoms with van der Waals surface area (Å²) in [5.41, 5.74) is 5.29. The van der Waals surface area contributed by atoms with Crippen molar-refractivity contribution < 1.29 is 32.7 Å². The van der Waals surface area contributed by atoms with E-state index in [9.17, 15) is 6.17 Å². The van der Waals surface area contributed by atoms with Crippen molar-refractivity contribution in [1.82, 2.24) is 4.90 Å². The first-order chi connectivity index (χ1) is 18.1. The monoisotopic (exact) mass is 428 g/mol.